The zero-order valence-corrected chi connectivity index (χ0v) is 18.4. The average Bonchev–Trinajstić information content (AvgIpc) is 2.75. The molecule has 0 saturated carbocycles. The number of nitrogens with zero attached hydrogens (tertiary/aromatic N) is 1. The second-order valence-corrected chi connectivity index (χ2v) is 10.2. The summed E-state index contributed by atoms with van der Waals surface area (Å²) in [6.45, 7) is 8.60. The molecule has 1 amide bonds. The van der Waals surface area contributed by atoms with Gasteiger partial charge >= 0.3 is 0 Å². The summed E-state index contributed by atoms with van der Waals surface area (Å²) in [6.07, 6.45) is 0.834. The first-order valence-corrected chi connectivity index (χ1v) is 11.3. The summed E-state index contributed by atoms with van der Waals surface area (Å²) in [4.78, 5) is 14.7. The highest BCUT2D eigenvalue weighted by atomic mass is 32.2. The molecule has 0 saturated heterocycles. The average molecular weight is 435 g/mol. The Labute approximate surface area is 177 Å². The maximum absolute atomic E-state index is 13.1. The van der Waals surface area contributed by atoms with Crippen LogP contribution in [0.1, 0.15) is 34.1 Å². The Balaban J connectivity index is 1.92. The molecule has 1 heterocycles. The van der Waals surface area contributed by atoms with Crippen LogP contribution in [0.3, 0.4) is 0 Å². The molecule has 30 heavy (non-hydrogen) atoms. The van der Waals surface area contributed by atoms with Crippen molar-refractivity contribution in [1.29, 1.82) is 0 Å². The lowest BCUT2D eigenvalue weighted by Crippen LogP contribution is -2.42. The van der Waals surface area contributed by atoms with Gasteiger partial charge in [0.15, 0.2) is 0 Å². The Morgan fingerprint density at radius 2 is 1.83 bits per heavy atom. The summed E-state index contributed by atoms with van der Waals surface area (Å²) in [5.74, 6) is 0.329. The second kappa shape index (κ2) is 8.26. The molecule has 1 aliphatic rings. The molecule has 162 valence electrons. The summed E-state index contributed by atoms with van der Waals surface area (Å²) in [5.41, 5.74) is 0.217. The number of nitrogens with one attached hydrogen (secondary N) is 1. The summed E-state index contributed by atoms with van der Waals surface area (Å²) >= 11 is 0. The van der Waals surface area contributed by atoms with Crippen molar-refractivity contribution in [2.75, 3.05) is 22.8 Å². The topological polar surface area (TPSA) is 75.7 Å². The largest absolute Gasteiger partial charge is 0.490 e. The lowest BCUT2D eigenvalue weighted by molar-refractivity contribution is -0.127. The Hall–Kier alpha value is -2.61. The predicted molar refractivity (Wildman–Crippen MR) is 115 cm³/mol. The van der Waals surface area contributed by atoms with E-state index in [1.54, 1.807) is 23.1 Å². The van der Waals surface area contributed by atoms with E-state index >= 15 is 0 Å². The normalized spacial score (nSPS) is 16.1. The van der Waals surface area contributed by atoms with Crippen LogP contribution in [0.5, 0.6) is 5.75 Å². The van der Waals surface area contributed by atoms with Crippen molar-refractivity contribution in [2.45, 2.75) is 39.0 Å². The van der Waals surface area contributed by atoms with Crippen LogP contribution in [0.2, 0.25) is 0 Å². The summed E-state index contributed by atoms with van der Waals surface area (Å²) in [7, 11) is -3.89. The van der Waals surface area contributed by atoms with Crippen LogP contribution in [0, 0.1) is 17.2 Å². The zero-order chi connectivity index (χ0) is 22.1. The number of sulfonamides is 1. The first-order valence-electron chi connectivity index (χ1n) is 9.87. The van der Waals surface area contributed by atoms with Crippen LogP contribution in [0.15, 0.2) is 47.4 Å². The van der Waals surface area contributed by atoms with Gasteiger partial charge in [0.2, 0.25) is 5.91 Å². The van der Waals surface area contributed by atoms with Gasteiger partial charge in [-0.05, 0) is 62.6 Å². The molecule has 2 aromatic carbocycles. The van der Waals surface area contributed by atoms with Crippen molar-refractivity contribution in [2.24, 2.45) is 11.3 Å². The minimum Gasteiger partial charge on any atom is -0.490 e. The molecular weight excluding hydrogens is 407 g/mol. The maximum atomic E-state index is 13.1. The van der Waals surface area contributed by atoms with Gasteiger partial charge in [0.1, 0.15) is 18.2 Å². The smallest absolute Gasteiger partial charge is 0.261 e. The third-order valence-electron chi connectivity index (χ3n) is 4.97. The number of anilines is 2. The highest BCUT2D eigenvalue weighted by Gasteiger charge is 2.37. The Kier molecular flexibility index (Phi) is 6.08. The first kappa shape index (κ1) is 22.1. The molecule has 8 heteroatoms. The number of hydrogen-bond donors (Lipinski definition) is 1. The maximum Gasteiger partial charge on any atom is 0.261 e. The fraction of sp³-hybridized carbons (Fsp3) is 0.409. The van der Waals surface area contributed by atoms with Crippen molar-refractivity contribution >= 4 is 27.3 Å². The summed E-state index contributed by atoms with van der Waals surface area (Å²) in [6, 6.07) is 9.45. The van der Waals surface area contributed by atoms with Gasteiger partial charge in [-0.25, -0.2) is 12.8 Å². The second-order valence-electron chi connectivity index (χ2n) is 8.55. The molecule has 0 aliphatic carbocycles. The number of benzene rings is 2. The highest BCUT2D eigenvalue weighted by Crippen LogP contribution is 2.38. The molecule has 0 fully saturated rings. The van der Waals surface area contributed by atoms with Gasteiger partial charge in [0.05, 0.1) is 21.7 Å². The Morgan fingerprint density at radius 1 is 1.17 bits per heavy atom. The van der Waals surface area contributed by atoms with E-state index in [2.05, 4.69) is 18.6 Å². The lowest BCUT2D eigenvalue weighted by Gasteiger charge is -2.28. The van der Waals surface area contributed by atoms with E-state index in [-0.39, 0.29) is 17.4 Å². The quantitative estimate of drug-likeness (QED) is 0.730. The van der Waals surface area contributed by atoms with Gasteiger partial charge in [0, 0.05) is 12.6 Å². The predicted octanol–water partition coefficient (Wildman–Crippen LogP) is 4.42. The van der Waals surface area contributed by atoms with Crippen LogP contribution < -0.4 is 14.4 Å². The van der Waals surface area contributed by atoms with E-state index in [1.807, 2.05) is 13.8 Å². The van der Waals surface area contributed by atoms with Crippen molar-refractivity contribution in [1.82, 2.24) is 0 Å². The van der Waals surface area contributed by atoms with E-state index in [0.29, 0.717) is 29.6 Å². The molecule has 3 rings (SSSR count). The van der Waals surface area contributed by atoms with Gasteiger partial charge in [-0.15, -0.1) is 0 Å². The van der Waals surface area contributed by atoms with Crippen LogP contribution in [-0.4, -0.2) is 27.5 Å². The fourth-order valence-electron chi connectivity index (χ4n) is 3.15. The van der Waals surface area contributed by atoms with Gasteiger partial charge in [-0.2, -0.15) is 0 Å². The molecule has 1 aliphatic heterocycles. The van der Waals surface area contributed by atoms with E-state index in [1.165, 1.54) is 12.1 Å². The van der Waals surface area contributed by atoms with Crippen molar-refractivity contribution < 1.29 is 22.3 Å². The molecule has 0 unspecified atom stereocenters. The first-order chi connectivity index (χ1) is 14.0. The number of carbonyl (C=O) groups excluding carboxylic acids is 1. The molecule has 0 radical (unpaired) electrons. The number of halogens is 1. The van der Waals surface area contributed by atoms with Crippen LogP contribution in [0.4, 0.5) is 15.8 Å². The summed E-state index contributed by atoms with van der Waals surface area (Å²) in [5, 5.41) is 0. The molecule has 0 bridgehead atoms. The van der Waals surface area contributed by atoms with E-state index in [4.69, 9.17) is 4.74 Å². The zero-order valence-electron chi connectivity index (χ0n) is 17.6. The molecule has 0 atom stereocenters. The Bertz CT molecular complexity index is 1030. The van der Waals surface area contributed by atoms with Crippen LogP contribution >= 0.6 is 0 Å². The van der Waals surface area contributed by atoms with Crippen molar-refractivity contribution in [3.8, 4) is 5.75 Å². The standard InChI is InChI=1S/C22H27FN2O4S/c1-15(2)11-12-25-19-10-7-17(13-20(19)29-14-22(3,4)21(25)26)24-30(27,28)18-8-5-16(23)6-9-18/h5-10,13,15,24H,11-12,14H2,1-4H3. The van der Waals surface area contributed by atoms with Crippen molar-refractivity contribution in [3.05, 3.63) is 48.3 Å². The van der Waals surface area contributed by atoms with Crippen LogP contribution in [0.25, 0.3) is 0 Å². The van der Waals surface area contributed by atoms with E-state index in [0.717, 1.165) is 18.6 Å². The summed E-state index contributed by atoms with van der Waals surface area (Å²) < 4.78 is 46.7. The molecule has 2 aromatic rings. The van der Waals surface area contributed by atoms with Gasteiger partial charge in [0.25, 0.3) is 10.0 Å². The SMILES string of the molecule is CC(C)CCN1C(=O)C(C)(C)COc2cc(NS(=O)(=O)c3ccc(F)cc3)ccc21. The van der Waals surface area contributed by atoms with Crippen molar-refractivity contribution in [3.63, 3.8) is 0 Å². The van der Waals surface area contributed by atoms with Crippen LogP contribution in [-0.2, 0) is 14.8 Å². The number of carbonyl (C=O) groups is 1. The monoisotopic (exact) mass is 434 g/mol. The highest BCUT2D eigenvalue weighted by molar-refractivity contribution is 7.92. The Morgan fingerprint density at radius 3 is 2.47 bits per heavy atom. The number of amides is 1. The van der Waals surface area contributed by atoms with E-state index < -0.39 is 21.3 Å². The molecule has 6 nitrogen and oxygen atoms in total. The van der Waals surface area contributed by atoms with E-state index in [9.17, 15) is 17.6 Å². The van der Waals surface area contributed by atoms with Gasteiger partial charge in [-0.1, -0.05) is 13.8 Å². The minimum atomic E-state index is -3.89. The molecule has 1 N–H and O–H groups in total. The lowest BCUT2D eigenvalue weighted by atomic mass is 9.92. The fourth-order valence-corrected chi connectivity index (χ4v) is 4.20. The number of hydrogen-bond acceptors (Lipinski definition) is 4. The third-order valence-corrected chi connectivity index (χ3v) is 6.37. The molecule has 0 spiro atoms. The number of ether oxygens (including phenoxy) is 1. The third kappa shape index (κ3) is 4.75. The molecular formula is C22H27FN2O4S. The van der Waals surface area contributed by atoms with Gasteiger partial charge < -0.3 is 9.64 Å². The molecule has 0 aromatic heterocycles. The van der Waals surface area contributed by atoms with Gasteiger partial charge in [-0.3, -0.25) is 9.52 Å². The minimum absolute atomic E-state index is 0.0263. The number of fused-ring (bicyclic) bond motifs is 1. The number of rotatable bonds is 6.